The minimum Gasteiger partial charge on any atom is -0.491 e. The number of benzene rings is 1. The van der Waals surface area contributed by atoms with Crippen LogP contribution in [-0.4, -0.2) is 19.0 Å². The van der Waals surface area contributed by atoms with E-state index in [2.05, 4.69) is 9.47 Å². The minimum absolute atomic E-state index is 0.0515. The smallest absolute Gasteiger partial charge is 0.161 e. The van der Waals surface area contributed by atoms with Crippen molar-refractivity contribution in [3.05, 3.63) is 30.1 Å². The largest absolute Gasteiger partial charge is 0.491 e. The zero-order valence-corrected chi connectivity index (χ0v) is 9.92. The van der Waals surface area contributed by atoms with Gasteiger partial charge in [-0.2, -0.15) is 0 Å². The monoisotopic (exact) mass is 244 g/mol. The van der Waals surface area contributed by atoms with Gasteiger partial charge in [0.05, 0.1) is 6.10 Å². The van der Waals surface area contributed by atoms with E-state index in [1.807, 2.05) is 0 Å². The van der Waals surface area contributed by atoms with Crippen LogP contribution in [0.1, 0.15) is 12.8 Å². The van der Waals surface area contributed by atoms with Gasteiger partial charge in [0.15, 0.2) is 6.29 Å². The first kappa shape index (κ1) is 11.8. The van der Waals surface area contributed by atoms with Gasteiger partial charge in [-0.3, -0.25) is 0 Å². The van der Waals surface area contributed by atoms with E-state index in [-0.39, 0.29) is 18.2 Å². The van der Waals surface area contributed by atoms with Crippen LogP contribution in [-0.2, 0) is 9.26 Å². The van der Waals surface area contributed by atoms with Crippen molar-refractivity contribution in [1.29, 1.82) is 0 Å². The van der Waals surface area contributed by atoms with Crippen molar-refractivity contribution in [3.8, 4) is 5.75 Å². The number of halogens is 1. The maximum absolute atomic E-state index is 12.6. The third kappa shape index (κ3) is 3.14. The maximum atomic E-state index is 12.6. The molecule has 0 aromatic heterocycles. The Hall–Kier alpha value is -0.700. The molecule has 3 atom stereocenters. The number of ether oxygens (including phenoxy) is 2. The van der Waals surface area contributed by atoms with Crippen LogP contribution in [0.3, 0.4) is 0 Å². The molecule has 16 heavy (non-hydrogen) atoms. The van der Waals surface area contributed by atoms with Gasteiger partial charge in [0.25, 0.3) is 0 Å². The molecule has 0 aliphatic carbocycles. The molecule has 0 N–H and O–H groups in total. The lowest BCUT2D eigenvalue weighted by molar-refractivity contribution is -0.0739. The standard InChI is InChI=1S/C11H14FO3P/c12-8-1-3-9(4-2-8)13-7-10-5-6-11(14-10)15-16/h1-4,10-11H,5-7,16H2. The van der Waals surface area contributed by atoms with E-state index in [9.17, 15) is 4.39 Å². The molecule has 1 heterocycles. The van der Waals surface area contributed by atoms with Gasteiger partial charge in [-0.1, -0.05) is 0 Å². The van der Waals surface area contributed by atoms with Gasteiger partial charge in [0.1, 0.15) is 18.2 Å². The lowest BCUT2D eigenvalue weighted by Crippen LogP contribution is -2.18. The summed E-state index contributed by atoms with van der Waals surface area (Å²) >= 11 is 0. The third-order valence-corrected chi connectivity index (χ3v) is 2.77. The summed E-state index contributed by atoms with van der Waals surface area (Å²) < 4.78 is 28.6. The molecule has 5 heteroatoms. The van der Waals surface area contributed by atoms with E-state index < -0.39 is 0 Å². The van der Waals surface area contributed by atoms with Gasteiger partial charge in [-0.25, -0.2) is 4.39 Å². The highest BCUT2D eigenvalue weighted by atomic mass is 31.0. The van der Waals surface area contributed by atoms with Crippen molar-refractivity contribution in [2.45, 2.75) is 25.2 Å². The van der Waals surface area contributed by atoms with E-state index in [4.69, 9.17) is 14.0 Å². The number of hydrogen-bond acceptors (Lipinski definition) is 3. The SMILES string of the molecule is Fc1ccc(OCC2CCC(OP)O2)cc1. The van der Waals surface area contributed by atoms with Crippen molar-refractivity contribution >= 4 is 9.47 Å². The second-order valence-corrected chi connectivity index (χ2v) is 3.94. The molecule has 1 aromatic carbocycles. The molecular weight excluding hydrogens is 230 g/mol. The Labute approximate surface area is 96.2 Å². The fraction of sp³-hybridized carbons (Fsp3) is 0.455. The summed E-state index contributed by atoms with van der Waals surface area (Å²) in [5.74, 6) is 0.390. The average molecular weight is 244 g/mol. The van der Waals surface area contributed by atoms with Gasteiger partial charge in [-0.15, -0.1) is 0 Å². The Morgan fingerprint density at radius 3 is 2.69 bits per heavy atom. The highest BCUT2D eigenvalue weighted by molar-refractivity contribution is 7.09. The summed E-state index contributed by atoms with van der Waals surface area (Å²) in [5, 5.41) is 0. The molecule has 1 aromatic rings. The molecule has 0 spiro atoms. The third-order valence-electron chi connectivity index (χ3n) is 2.47. The van der Waals surface area contributed by atoms with Crippen LogP contribution in [0.2, 0.25) is 0 Å². The van der Waals surface area contributed by atoms with Crippen molar-refractivity contribution in [1.82, 2.24) is 0 Å². The summed E-state index contributed by atoms with van der Waals surface area (Å²) in [5.41, 5.74) is 0. The highest BCUT2D eigenvalue weighted by Crippen LogP contribution is 2.23. The van der Waals surface area contributed by atoms with Crippen molar-refractivity contribution in [3.63, 3.8) is 0 Å². The molecule has 0 radical (unpaired) electrons. The molecular formula is C11H14FO3P. The number of rotatable bonds is 4. The first-order valence-electron chi connectivity index (χ1n) is 5.17. The Bertz CT molecular complexity index is 331. The molecule has 1 saturated heterocycles. The zero-order valence-electron chi connectivity index (χ0n) is 8.77. The first-order valence-corrected chi connectivity index (χ1v) is 5.64. The van der Waals surface area contributed by atoms with Crippen LogP contribution in [0.5, 0.6) is 5.75 Å². The Morgan fingerprint density at radius 1 is 1.31 bits per heavy atom. The lowest BCUT2D eigenvalue weighted by Gasteiger charge is -2.13. The molecule has 0 bridgehead atoms. The maximum Gasteiger partial charge on any atom is 0.161 e. The van der Waals surface area contributed by atoms with Crippen molar-refractivity contribution in [2.24, 2.45) is 0 Å². The Balaban J connectivity index is 1.77. The summed E-state index contributed by atoms with van der Waals surface area (Å²) in [4.78, 5) is 0. The molecule has 3 unspecified atom stereocenters. The van der Waals surface area contributed by atoms with E-state index in [0.29, 0.717) is 12.4 Å². The quantitative estimate of drug-likeness (QED) is 0.762. The van der Waals surface area contributed by atoms with E-state index in [0.717, 1.165) is 12.8 Å². The molecule has 0 amide bonds. The van der Waals surface area contributed by atoms with Crippen molar-refractivity contribution < 1.29 is 18.4 Å². The molecule has 1 fully saturated rings. The van der Waals surface area contributed by atoms with E-state index in [1.54, 1.807) is 12.1 Å². The normalized spacial score (nSPS) is 24.6. The van der Waals surface area contributed by atoms with Gasteiger partial charge in [-0.05, 0) is 30.7 Å². The molecule has 3 nitrogen and oxygen atoms in total. The second kappa shape index (κ2) is 5.58. The van der Waals surface area contributed by atoms with Crippen LogP contribution < -0.4 is 4.74 Å². The predicted molar refractivity (Wildman–Crippen MR) is 60.6 cm³/mol. The van der Waals surface area contributed by atoms with Gasteiger partial charge in [0, 0.05) is 15.9 Å². The average Bonchev–Trinajstić information content (AvgIpc) is 2.76. The topological polar surface area (TPSA) is 27.7 Å². The first-order chi connectivity index (χ1) is 7.78. The van der Waals surface area contributed by atoms with Gasteiger partial charge < -0.3 is 14.0 Å². The summed E-state index contributed by atoms with van der Waals surface area (Å²) in [7, 11) is 2.20. The Morgan fingerprint density at radius 2 is 2.06 bits per heavy atom. The molecule has 0 saturated carbocycles. The predicted octanol–water partition coefficient (Wildman–Crippen LogP) is 2.52. The van der Waals surface area contributed by atoms with Crippen LogP contribution in [0.4, 0.5) is 4.39 Å². The van der Waals surface area contributed by atoms with Gasteiger partial charge in [0.2, 0.25) is 0 Å². The fourth-order valence-electron chi connectivity index (χ4n) is 1.62. The van der Waals surface area contributed by atoms with Crippen LogP contribution in [0.15, 0.2) is 24.3 Å². The molecule has 88 valence electrons. The fourth-order valence-corrected chi connectivity index (χ4v) is 1.82. The Kier molecular flexibility index (Phi) is 4.10. The number of hydrogen-bond donors (Lipinski definition) is 0. The summed E-state index contributed by atoms with van der Waals surface area (Å²) in [6, 6.07) is 5.96. The van der Waals surface area contributed by atoms with Gasteiger partial charge >= 0.3 is 0 Å². The second-order valence-electron chi connectivity index (χ2n) is 3.67. The minimum atomic E-state index is -0.263. The van der Waals surface area contributed by atoms with Crippen LogP contribution in [0, 0.1) is 5.82 Å². The summed E-state index contributed by atoms with van der Waals surface area (Å²) in [6.07, 6.45) is 1.70. The highest BCUT2D eigenvalue weighted by Gasteiger charge is 2.25. The van der Waals surface area contributed by atoms with Crippen LogP contribution in [0.25, 0.3) is 0 Å². The summed E-state index contributed by atoms with van der Waals surface area (Å²) in [6.45, 7) is 0.468. The molecule has 1 aliphatic heterocycles. The molecule has 1 aliphatic rings. The van der Waals surface area contributed by atoms with Crippen molar-refractivity contribution in [2.75, 3.05) is 6.61 Å². The van der Waals surface area contributed by atoms with E-state index in [1.165, 1.54) is 12.1 Å². The van der Waals surface area contributed by atoms with Crippen LogP contribution >= 0.6 is 9.47 Å². The lowest BCUT2D eigenvalue weighted by atomic mass is 10.2. The zero-order chi connectivity index (χ0) is 11.4. The molecule has 2 rings (SSSR count). The van der Waals surface area contributed by atoms with E-state index >= 15 is 0 Å².